The summed E-state index contributed by atoms with van der Waals surface area (Å²) in [5.41, 5.74) is 1.46. The van der Waals surface area contributed by atoms with Crippen molar-refractivity contribution in [2.24, 2.45) is 0 Å². The Hall–Kier alpha value is -4.18. The van der Waals surface area contributed by atoms with E-state index in [4.69, 9.17) is 16.1 Å². The largest absolute Gasteiger partial charge is 0.469 e. The number of aromatic nitrogens is 4. The number of nitrogens with zero attached hydrogens (tertiary/aromatic N) is 7. The number of nitrogens with one attached hydrogen (secondary N) is 3. The molecular formula is C23H24ClN10O6P. The van der Waals surface area contributed by atoms with Crippen LogP contribution in [0.4, 0.5) is 27.9 Å². The van der Waals surface area contributed by atoms with Crippen molar-refractivity contribution in [2.45, 2.75) is 37.5 Å². The van der Waals surface area contributed by atoms with Gasteiger partial charge in [-0.05, 0) is 31.4 Å². The number of nitriles is 2. The first-order valence-electron chi connectivity index (χ1n) is 12.3. The summed E-state index contributed by atoms with van der Waals surface area (Å²) in [5.74, 6) is 0.513. The van der Waals surface area contributed by atoms with Crippen LogP contribution in [0.5, 0.6) is 0 Å². The Labute approximate surface area is 238 Å². The van der Waals surface area contributed by atoms with Crippen molar-refractivity contribution in [3.05, 3.63) is 34.6 Å². The molecule has 1 saturated carbocycles. The topological polar surface area (TPSA) is 223 Å². The predicted octanol–water partition coefficient (Wildman–Crippen LogP) is 2.25. The number of imidazole rings is 1. The molecule has 214 valence electrons. The Balaban J connectivity index is 1.47. The molecule has 16 nitrogen and oxygen atoms in total. The number of carbonyl (C=O) groups excluding carboxylic acids is 1. The lowest BCUT2D eigenvalue weighted by molar-refractivity contribution is 0.0874. The third-order valence-electron chi connectivity index (χ3n) is 6.49. The number of methoxy groups -OCH3 is 1. The molecule has 0 radical (unpaired) electrons. The lowest BCUT2D eigenvalue weighted by Crippen LogP contribution is -2.55. The normalized spacial score (nSPS) is 18.8. The second kappa shape index (κ2) is 11.4. The van der Waals surface area contributed by atoms with Crippen LogP contribution < -0.4 is 20.9 Å². The van der Waals surface area contributed by atoms with E-state index in [1.807, 2.05) is 6.07 Å². The molecule has 5 rings (SSSR count). The number of hydrogen-bond acceptors (Lipinski definition) is 12. The van der Waals surface area contributed by atoms with Gasteiger partial charge in [0.1, 0.15) is 12.2 Å². The van der Waals surface area contributed by atoms with Gasteiger partial charge in [-0.25, -0.2) is 14.3 Å². The quantitative estimate of drug-likeness (QED) is 0.233. The number of phosphoric acid groups is 1. The van der Waals surface area contributed by atoms with Crippen molar-refractivity contribution < 1.29 is 28.4 Å². The maximum Gasteiger partial charge on any atom is 0.469 e. The Bertz CT molecular complexity index is 1630. The number of ether oxygens (including phenoxy) is 1. The number of benzene rings is 1. The van der Waals surface area contributed by atoms with Gasteiger partial charge in [0, 0.05) is 19.1 Å². The van der Waals surface area contributed by atoms with Gasteiger partial charge in [0.05, 0.1) is 47.4 Å². The molecule has 0 bridgehead atoms. The molecule has 2 atom stereocenters. The number of halogens is 1. The average molecular weight is 603 g/mol. The number of anilines is 4. The molecule has 1 aromatic carbocycles. The average Bonchev–Trinajstić information content (AvgIpc) is 3.65. The van der Waals surface area contributed by atoms with Crippen LogP contribution in [-0.2, 0) is 13.8 Å². The maximum absolute atomic E-state index is 11.8. The van der Waals surface area contributed by atoms with Gasteiger partial charge < -0.3 is 35.4 Å². The molecule has 1 aliphatic heterocycles. The fourth-order valence-corrected chi connectivity index (χ4v) is 5.28. The third-order valence-corrected chi connectivity index (χ3v) is 7.43. The number of amides is 1. The third kappa shape index (κ3) is 6.43. The van der Waals surface area contributed by atoms with E-state index in [0.717, 1.165) is 12.8 Å². The lowest BCUT2D eigenvalue weighted by atomic mass is 10.0. The number of piperidine rings is 1. The van der Waals surface area contributed by atoms with Crippen LogP contribution in [0.2, 0.25) is 5.02 Å². The molecule has 2 fully saturated rings. The van der Waals surface area contributed by atoms with Gasteiger partial charge in [-0.2, -0.15) is 20.0 Å². The second-order valence-corrected chi connectivity index (χ2v) is 11.0. The minimum Gasteiger partial charge on any atom is -0.453 e. The minimum absolute atomic E-state index is 0.0771. The highest BCUT2D eigenvalue weighted by atomic mass is 35.5. The number of rotatable bonds is 8. The molecule has 3 aromatic rings. The highest BCUT2D eigenvalue weighted by molar-refractivity contribution is 7.46. The molecule has 1 saturated heterocycles. The number of carbonyl (C=O) groups is 1. The van der Waals surface area contributed by atoms with E-state index in [1.54, 1.807) is 4.90 Å². The molecule has 3 heterocycles. The van der Waals surface area contributed by atoms with E-state index in [0.29, 0.717) is 23.7 Å². The maximum atomic E-state index is 11.8. The van der Waals surface area contributed by atoms with Crippen LogP contribution in [0.3, 0.4) is 0 Å². The highest BCUT2D eigenvalue weighted by Crippen LogP contribution is 2.42. The first-order chi connectivity index (χ1) is 19.6. The van der Waals surface area contributed by atoms with Crippen molar-refractivity contribution in [3.8, 4) is 12.1 Å². The van der Waals surface area contributed by atoms with Gasteiger partial charge in [0.2, 0.25) is 5.95 Å². The summed E-state index contributed by atoms with van der Waals surface area (Å²) in [6.07, 6.45) is 1.66. The molecule has 0 unspecified atom stereocenters. The molecule has 18 heteroatoms. The zero-order valence-electron chi connectivity index (χ0n) is 21.5. The van der Waals surface area contributed by atoms with Crippen LogP contribution in [-0.4, -0.2) is 73.8 Å². The summed E-state index contributed by atoms with van der Waals surface area (Å²) < 4.78 is 22.6. The Morgan fingerprint density at radius 2 is 2.02 bits per heavy atom. The number of hydrogen-bond donors (Lipinski definition) is 5. The standard InChI is InChI=1S/C23H24ClN10O6P/c1-39-23(35)30-15-4-5-33(11-18(15)40-41(36,37)38)17-7-12(8-25)6-16(19(17)24)29-22-31-20(28-13-2-3-13)21-27-10-14(9-26)34(21)32-22/h6-7,10,13,15,18H,2-5,11H2,1H3,(H,30,35)(H2,36,37,38)(H2,28,29,31,32)/t15-,18-/m0/s1. The van der Waals surface area contributed by atoms with Crippen LogP contribution in [0, 0.1) is 22.7 Å². The van der Waals surface area contributed by atoms with Crippen molar-refractivity contribution in [1.82, 2.24) is 24.9 Å². The number of phosphoric ester groups is 1. The first kappa shape index (κ1) is 28.4. The van der Waals surface area contributed by atoms with Crippen LogP contribution in [0.15, 0.2) is 18.3 Å². The predicted molar refractivity (Wildman–Crippen MR) is 145 cm³/mol. The summed E-state index contributed by atoms with van der Waals surface area (Å²) in [4.78, 5) is 41.2. The molecule has 2 aliphatic rings. The van der Waals surface area contributed by atoms with Gasteiger partial charge in [0.25, 0.3) is 0 Å². The van der Waals surface area contributed by atoms with Gasteiger partial charge in [-0.1, -0.05) is 11.6 Å². The first-order valence-corrected chi connectivity index (χ1v) is 14.3. The molecule has 1 aliphatic carbocycles. The van der Waals surface area contributed by atoms with Gasteiger partial charge >= 0.3 is 13.9 Å². The summed E-state index contributed by atoms with van der Waals surface area (Å²) >= 11 is 6.79. The summed E-state index contributed by atoms with van der Waals surface area (Å²) in [6.45, 7) is 0.217. The van der Waals surface area contributed by atoms with Crippen LogP contribution >= 0.6 is 19.4 Å². The SMILES string of the molecule is COC(=O)N[C@H]1CCN(c2cc(C#N)cc(Nc3nc(NC4CC4)c4ncc(C#N)n4n3)c2Cl)C[C@@H]1OP(=O)(O)O. The molecule has 0 spiro atoms. The summed E-state index contributed by atoms with van der Waals surface area (Å²) in [6, 6.07) is 6.62. The van der Waals surface area contributed by atoms with Gasteiger partial charge in [-0.3, -0.25) is 4.52 Å². The summed E-state index contributed by atoms with van der Waals surface area (Å²) in [5, 5.41) is 32.6. The molecule has 2 aromatic heterocycles. The highest BCUT2D eigenvalue weighted by Gasteiger charge is 2.37. The van der Waals surface area contributed by atoms with Crippen molar-refractivity contribution in [3.63, 3.8) is 0 Å². The zero-order valence-corrected chi connectivity index (χ0v) is 23.1. The molecule has 5 N–H and O–H groups in total. The van der Waals surface area contributed by atoms with E-state index in [1.165, 1.54) is 30.0 Å². The summed E-state index contributed by atoms with van der Waals surface area (Å²) in [7, 11) is -3.75. The Kier molecular flexibility index (Phi) is 7.86. The minimum atomic E-state index is -4.93. The lowest BCUT2D eigenvalue weighted by Gasteiger charge is -2.39. The van der Waals surface area contributed by atoms with E-state index in [9.17, 15) is 29.7 Å². The van der Waals surface area contributed by atoms with Crippen LogP contribution in [0.1, 0.15) is 30.5 Å². The van der Waals surface area contributed by atoms with E-state index in [-0.39, 0.29) is 46.9 Å². The van der Waals surface area contributed by atoms with E-state index in [2.05, 4.69) is 41.8 Å². The van der Waals surface area contributed by atoms with Crippen molar-refractivity contribution in [1.29, 1.82) is 10.5 Å². The monoisotopic (exact) mass is 602 g/mol. The smallest absolute Gasteiger partial charge is 0.453 e. The van der Waals surface area contributed by atoms with Gasteiger partial charge in [-0.15, -0.1) is 5.10 Å². The Morgan fingerprint density at radius 3 is 2.68 bits per heavy atom. The number of fused-ring (bicyclic) bond motifs is 1. The number of alkyl carbamates (subject to hydrolysis) is 1. The fourth-order valence-electron chi connectivity index (χ4n) is 4.44. The Morgan fingerprint density at radius 1 is 1.24 bits per heavy atom. The zero-order chi connectivity index (χ0) is 29.3. The second-order valence-electron chi connectivity index (χ2n) is 9.40. The van der Waals surface area contributed by atoms with Crippen LogP contribution in [0.25, 0.3) is 5.65 Å². The molecular weight excluding hydrogens is 579 g/mol. The van der Waals surface area contributed by atoms with Gasteiger partial charge in [0.15, 0.2) is 17.2 Å². The van der Waals surface area contributed by atoms with Crippen molar-refractivity contribution >= 4 is 54.3 Å². The van der Waals surface area contributed by atoms with E-state index >= 15 is 0 Å². The molecule has 41 heavy (non-hydrogen) atoms. The molecule has 1 amide bonds. The van der Waals surface area contributed by atoms with E-state index < -0.39 is 26.1 Å². The van der Waals surface area contributed by atoms with Crippen molar-refractivity contribution in [2.75, 3.05) is 35.7 Å². The fraction of sp³-hybridized carbons (Fsp3) is 0.391.